The van der Waals surface area contributed by atoms with E-state index in [9.17, 15) is 9.59 Å². The number of halogens is 2. The minimum Gasteiger partial charge on any atom is -0.497 e. The fraction of sp³-hybridized carbons (Fsp3) is 0.391. The van der Waals surface area contributed by atoms with E-state index in [2.05, 4.69) is 5.32 Å². The van der Waals surface area contributed by atoms with Gasteiger partial charge in [-0.2, -0.15) is 0 Å². The Bertz CT molecular complexity index is 878. The van der Waals surface area contributed by atoms with E-state index >= 15 is 0 Å². The van der Waals surface area contributed by atoms with Gasteiger partial charge in [0.2, 0.25) is 11.8 Å². The van der Waals surface area contributed by atoms with Crippen molar-refractivity contribution in [2.24, 2.45) is 0 Å². The number of hydrogen-bond acceptors (Lipinski definition) is 4. The molecule has 0 heterocycles. The lowest BCUT2D eigenvalue weighted by atomic mass is 10.1. The zero-order valence-corrected chi connectivity index (χ0v) is 20.3. The first-order chi connectivity index (χ1) is 14.9. The van der Waals surface area contributed by atoms with Crippen molar-refractivity contribution in [3.63, 3.8) is 0 Å². The van der Waals surface area contributed by atoms with Crippen molar-refractivity contribution in [3.8, 4) is 5.75 Å². The quantitative estimate of drug-likeness (QED) is 0.479. The Hall–Kier alpha value is -1.89. The van der Waals surface area contributed by atoms with E-state index in [1.165, 1.54) is 11.8 Å². The van der Waals surface area contributed by atoms with Crippen LogP contribution < -0.4 is 10.1 Å². The molecular weight excluding hydrogens is 455 g/mol. The fourth-order valence-corrected chi connectivity index (χ4v) is 4.30. The van der Waals surface area contributed by atoms with E-state index in [1.54, 1.807) is 24.1 Å². The summed E-state index contributed by atoms with van der Waals surface area (Å²) in [6.07, 6.45) is 0.516. The predicted molar refractivity (Wildman–Crippen MR) is 129 cm³/mol. The lowest BCUT2D eigenvalue weighted by Crippen LogP contribution is -2.49. The van der Waals surface area contributed by atoms with Gasteiger partial charge >= 0.3 is 0 Å². The summed E-state index contributed by atoms with van der Waals surface area (Å²) < 4.78 is 5.17. The van der Waals surface area contributed by atoms with Crippen LogP contribution in [0.4, 0.5) is 0 Å². The number of rotatable bonds is 11. The van der Waals surface area contributed by atoms with E-state index in [0.29, 0.717) is 28.8 Å². The molecule has 0 aromatic heterocycles. The number of likely N-dealkylation sites (N-methyl/N-ethyl adjacent to an activating group) is 1. The maximum atomic E-state index is 13.1. The van der Waals surface area contributed by atoms with Gasteiger partial charge in [0, 0.05) is 18.8 Å². The molecule has 2 amide bonds. The van der Waals surface area contributed by atoms with Gasteiger partial charge in [0.25, 0.3) is 0 Å². The van der Waals surface area contributed by atoms with Gasteiger partial charge < -0.3 is 15.0 Å². The third-order valence-corrected chi connectivity index (χ3v) is 6.45. The average molecular weight is 483 g/mol. The van der Waals surface area contributed by atoms with Gasteiger partial charge in [-0.15, -0.1) is 11.8 Å². The Morgan fingerprint density at radius 3 is 2.32 bits per heavy atom. The summed E-state index contributed by atoms with van der Waals surface area (Å²) >= 11 is 13.7. The topological polar surface area (TPSA) is 58.6 Å². The van der Waals surface area contributed by atoms with Gasteiger partial charge in [0.05, 0.1) is 22.9 Å². The second-order valence-electron chi connectivity index (χ2n) is 6.93. The molecule has 1 atom stereocenters. The predicted octanol–water partition coefficient (Wildman–Crippen LogP) is 5.18. The molecule has 2 rings (SSSR count). The maximum absolute atomic E-state index is 13.1. The van der Waals surface area contributed by atoms with E-state index < -0.39 is 6.04 Å². The van der Waals surface area contributed by atoms with E-state index in [0.717, 1.165) is 16.9 Å². The highest BCUT2D eigenvalue weighted by Gasteiger charge is 2.28. The van der Waals surface area contributed by atoms with Crippen LogP contribution in [0.25, 0.3) is 0 Å². The van der Waals surface area contributed by atoms with Crippen LogP contribution in [-0.2, 0) is 21.9 Å². The number of ether oxygens (including phenoxy) is 1. The molecule has 8 heteroatoms. The molecule has 0 bridgehead atoms. The minimum absolute atomic E-state index is 0.0947. The zero-order chi connectivity index (χ0) is 22.8. The van der Waals surface area contributed by atoms with Crippen LogP contribution in [0.3, 0.4) is 0 Å². The van der Waals surface area contributed by atoms with Gasteiger partial charge in [-0.25, -0.2) is 0 Å². The number of carbonyl (C=O) groups is 2. The molecule has 0 aliphatic rings. The largest absolute Gasteiger partial charge is 0.497 e. The van der Waals surface area contributed by atoms with Crippen LogP contribution in [-0.4, -0.2) is 42.2 Å². The van der Waals surface area contributed by atoms with Crippen LogP contribution in [0.15, 0.2) is 42.5 Å². The molecule has 0 fully saturated rings. The van der Waals surface area contributed by atoms with Gasteiger partial charge in [0.1, 0.15) is 11.8 Å². The van der Waals surface area contributed by atoms with Crippen LogP contribution in [0, 0.1) is 0 Å². The van der Waals surface area contributed by atoms with Crippen molar-refractivity contribution in [3.05, 3.63) is 63.6 Å². The highest BCUT2D eigenvalue weighted by molar-refractivity contribution is 7.99. The molecule has 2 aromatic carbocycles. The smallest absolute Gasteiger partial charge is 0.242 e. The number of amides is 2. The maximum Gasteiger partial charge on any atom is 0.242 e. The van der Waals surface area contributed by atoms with Crippen molar-refractivity contribution in [2.45, 2.75) is 38.6 Å². The molecule has 0 saturated heterocycles. The first kappa shape index (κ1) is 25.4. The Labute approximate surface area is 198 Å². The summed E-state index contributed by atoms with van der Waals surface area (Å²) in [5.74, 6) is 1.50. The summed E-state index contributed by atoms with van der Waals surface area (Å²) in [6, 6.07) is 12.5. The number of nitrogens with zero attached hydrogens (tertiary/aromatic N) is 1. The standard InChI is InChI=1S/C23H28Cl2N2O3S/c1-4-21(23(29)26-5-2)27(13-17-8-11-19(24)20(25)12-17)22(28)15-31-14-16-6-9-18(30-3)10-7-16/h6-12,21H,4-5,13-15H2,1-3H3,(H,26,29)/t21-/m1/s1. The molecule has 168 valence electrons. The molecule has 0 aliphatic heterocycles. The zero-order valence-electron chi connectivity index (χ0n) is 18.0. The summed E-state index contributed by atoms with van der Waals surface area (Å²) in [5, 5.41) is 3.71. The lowest BCUT2D eigenvalue weighted by molar-refractivity contribution is -0.139. The normalized spacial score (nSPS) is 11.6. The second-order valence-corrected chi connectivity index (χ2v) is 8.73. The van der Waals surface area contributed by atoms with Gasteiger partial charge in [0.15, 0.2) is 0 Å². The van der Waals surface area contributed by atoms with Crippen molar-refractivity contribution < 1.29 is 14.3 Å². The van der Waals surface area contributed by atoms with Crippen LogP contribution in [0.5, 0.6) is 5.75 Å². The van der Waals surface area contributed by atoms with Crippen molar-refractivity contribution >= 4 is 46.8 Å². The van der Waals surface area contributed by atoms with Crippen molar-refractivity contribution in [1.29, 1.82) is 0 Å². The number of hydrogen-bond donors (Lipinski definition) is 1. The summed E-state index contributed by atoms with van der Waals surface area (Å²) in [6.45, 7) is 4.56. The van der Waals surface area contributed by atoms with Crippen molar-refractivity contribution in [1.82, 2.24) is 10.2 Å². The average Bonchev–Trinajstić information content (AvgIpc) is 2.76. The summed E-state index contributed by atoms with van der Waals surface area (Å²) in [7, 11) is 1.63. The lowest BCUT2D eigenvalue weighted by Gasteiger charge is -2.30. The summed E-state index contributed by atoms with van der Waals surface area (Å²) in [4.78, 5) is 27.4. The Morgan fingerprint density at radius 1 is 1.06 bits per heavy atom. The van der Waals surface area contributed by atoms with Gasteiger partial charge in [-0.05, 0) is 48.7 Å². The molecule has 0 unspecified atom stereocenters. The van der Waals surface area contributed by atoms with Crippen LogP contribution >= 0.6 is 35.0 Å². The first-order valence-electron chi connectivity index (χ1n) is 10.1. The highest BCUT2D eigenvalue weighted by atomic mass is 35.5. The molecule has 5 nitrogen and oxygen atoms in total. The number of benzene rings is 2. The third kappa shape index (κ3) is 7.63. The fourth-order valence-electron chi connectivity index (χ4n) is 3.11. The Morgan fingerprint density at radius 2 is 1.74 bits per heavy atom. The van der Waals surface area contributed by atoms with Gasteiger partial charge in [-0.3, -0.25) is 9.59 Å². The molecule has 0 spiro atoms. The number of nitrogens with one attached hydrogen (secondary N) is 1. The molecule has 0 saturated carbocycles. The monoisotopic (exact) mass is 482 g/mol. The molecule has 1 N–H and O–H groups in total. The minimum atomic E-state index is -0.552. The van der Waals surface area contributed by atoms with Gasteiger partial charge in [-0.1, -0.05) is 48.3 Å². The Balaban J connectivity index is 2.11. The summed E-state index contributed by atoms with van der Waals surface area (Å²) in [5.41, 5.74) is 1.93. The Kier molecular flexibility index (Phi) is 10.5. The molecule has 31 heavy (non-hydrogen) atoms. The SMILES string of the molecule is CCNC(=O)[C@@H](CC)N(Cc1ccc(Cl)c(Cl)c1)C(=O)CSCc1ccc(OC)cc1. The second kappa shape index (κ2) is 12.8. The van der Waals surface area contributed by atoms with E-state index in [4.69, 9.17) is 27.9 Å². The molecule has 0 aliphatic carbocycles. The number of methoxy groups -OCH3 is 1. The first-order valence-corrected chi connectivity index (χ1v) is 12.0. The molecule has 2 aromatic rings. The highest BCUT2D eigenvalue weighted by Crippen LogP contribution is 2.25. The van der Waals surface area contributed by atoms with Crippen LogP contribution in [0.2, 0.25) is 10.0 Å². The number of carbonyl (C=O) groups excluding carboxylic acids is 2. The third-order valence-electron chi connectivity index (χ3n) is 4.73. The number of thioether (sulfide) groups is 1. The van der Waals surface area contributed by atoms with Crippen molar-refractivity contribution in [2.75, 3.05) is 19.4 Å². The van der Waals surface area contributed by atoms with Crippen LogP contribution in [0.1, 0.15) is 31.4 Å². The van der Waals surface area contributed by atoms with E-state index in [-0.39, 0.29) is 24.1 Å². The molecule has 0 radical (unpaired) electrons. The van der Waals surface area contributed by atoms with E-state index in [1.807, 2.05) is 44.2 Å². The molecular formula is C23H28Cl2N2O3S.